The fraction of sp³-hybridized carbons (Fsp3) is 0.214. The molecule has 2 rings (SSSR count). The van der Waals surface area contributed by atoms with Gasteiger partial charge in [-0.25, -0.2) is 13.8 Å². The van der Waals surface area contributed by atoms with Crippen LogP contribution in [0.4, 0.5) is 17.6 Å². The lowest BCUT2D eigenvalue weighted by Gasteiger charge is -2.16. The van der Waals surface area contributed by atoms with E-state index in [1.807, 2.05) is 0 Å². The van der Waals surface area contributed by atoms with Crippen molar-refractivity contribution in [3.8, 4) is 11.8 Å². The van der Waals surface area contributed by atoms with Gasteiger partial charge in [0.2, 0.25) is 0 Å². The molecule has 1 aromatic carbocycles. The van der Waals surface area contributed by atoms with E-state index in [0.717, 1.165) is 19.2 Å². The molecule has 126 valence electrons. The molecular weight excluding hydrogens is 354 g/mol. The summed E-state index contributed by atoms with van der Waals surface area (Å²) in [5.41, 5.74) is -4.94. The number of aromatic nitrogens is 2. The SMILES string of the molecule is Cc1cc(-n2c(=O)c(Cl)c(C(F)(F)F)n(C)c2=O)c(F)cc1C#N. The summed E-state index contributed by atoms with van der Waals surface area (Å²) >= 11 is 5.47. The van der Waals surface area contributed by atoms with E-state index in [-0.39, 0.29) is 20.3 Å². The summed E-state index contributed by atoms with van der Waals surface area (Å²) in [7, 11) is 0.765. The highest BCUT2D eigenvalue weighted by molar-refractivity contribution is 6.31. The molecule has 0 radical (unpaired) electrons. The number of hydrogen-bond acceptors (Lipinski definition) is 3. The van der Waals surface area contributed by atoms with Crippen molar-refractivity contribution in [1.82, 2.24) is 9.13 Å². The molecular formula is C14H8ClF4N3O2. The minimum Gasteiger partial charge on any atom is -0.291 e. The molecule has 0 N–H and O–H groups in total. The summed E-state index contributed by atoms with van der Waals surface area (Å²) in [6, 6.07) is 3.50. The van der Waals surface area contributed by atoms with Crippen LogP contribution < -0.4 is 11.2 Å². The minimum atomic E-state index is -5.04. The highest BCUT2D eigenvalue weighted by Crippen LogP contribution is 2.32. The maximum Gasteiger partial charge on any atom is 0.433 e. The zero-order valence-electron chi connectivity index (χ0n) is 12.2. The van der Waals surface area contributed by atoms with Crippen LogP contribution in [0.5, 0.6) is 0 Å². The summed E-state index contributed by atoms with van der Waals surface area (Å²) in [6.45, 7) is 1.42. The fourth-order valence-corrected chi connectivity index (χ4v) is 2.48. The summed E-state index contributed by atoms with van der Waals surface area (Å²) < 4.78 is 53.3. The molecule has 0 saturated carbocycles. The van der Waals surface area contributed by atoms with Gasteiger partial charge < -0.3 is 0 Å². The Morgan fingerprint density at radius 3 is 2.33 bits per heavy atom. The second kappa shape index (κ2) is 5.79. The Kier molecular flexibility index (Phi) is 4.29. The summed E-state index contributed by atoms with van der Waals surface area (Å²) in [4.78, 5) is 24.3. The van der Waals surface area contributed by atoms with Crippen molar-refractivity contribution in [2.45, 2.75) is 13.1 Å². The van der Waals surface area contributed by atoms with E-state index in [2.05, 4.69) is 0 Å². The number of rotatable bonds is 1. The third-order valence-electron chi connectivity index (χ3n) is 3.34. The predicted octanol–water partition coefficient (Wildman–Crippen LogP) is 2.53. The van der Waals surface area contributed by atoms with E-state index in [0.29, 0.717) is 0 Å². The van der Waals surface area contributed by atoms with Crippen LogP contribution in [0.1, 0.15) is 16.8 Å². The lowest BCUT2D eigenvalue weighted by molar-refractivity contribution is -0.143. The molecule has 10 heteroatoms. The lowest BCUT2D eigenvalue weighted by Crippen LogP contribution is -2.42. The van der Waals surface area contributed by atoms with Gasteiger partial charge in [-0.2, -0.15) is 18.4 Å². The molecule has 0 fully saturated rings. The number of aryl methyl sites for hydroxylation is 1. The monoisotopic (exact) mass is 361 g/mol. The van der Waals surface area contributed by atoms with Crippen molar-refractivity contribution in [3.63, 3.8) is 0 Å². The number of hydrogen-bond donors (Lipinski definition) is 0. The predicted molar refractivity (Wildman–Crippen MR) is 76.7 cm³/mol. The molecule has 0 saturated heterocycles. The Morgan fingerprint density at radius 2 is 1.83 bits per heavy atom. The maximum atomic E-state index is 14.1. The van der Waals surface area contributed by atoms with Crippen LogP contribution in [0.2, 0.25) is 5.02 Å². The van der Waals surface area contributed by atoms with Gasteiger partial charge in [0.1, 0.15) is 10.8 Å². The molecule has 0 aliphatic carbocycles. The van der Waals surface area contributed by atoms with Crippen LogP contribution in [-0.2, 0) is 13.2 Å². The summed E-state index contributed by atoms with van der Waals surface area (Å²) in [5.74, 6) is -1.12. The molecule has 0 unspecified atom stereocenters. The van der Waals surface area contributed by atoms with Gasteiger partial charge in [-0.15, -0.1) is 0 Å². The molecule has 1 heterocycles. The first-order valence-electron chi connectivity index (χ1n) is 6.30. The smallest absolute Gasteiger partial charge is 0.291 e. The van der Waals surface area contributed by atoms with Crippen molar-refractivity contribution in [1.29, 1.82) is 5.26 Å². The molecule has 0 aliphatic heterocycles. The zero-order valence-corrected chi connectivity index (χ0v) is 13.0. The Bertz CT molecular complexity index is 962. The largest absolute Gasteiger partial charge is 0.433 e. The number of benzene rings is 1. The Labute approximate surface area is 136 Å². The Morgan fingerprint density at radius 1 is 1.25 bits per heavy atom. The third-order valence-corrected chi connectivity index (χ3v) is 3.68. The second-order valence-electron chi connectivity index (χ2n) is 4.87. The number of alkyl halides is 3. The van der Waals surface area contributed by atoms with Crippen LogP contribution >= 0.6 is 11.6 Å². The second-order valence-corrected chi connectivity index (χ2v) is 5.25. The van der Waals surface area contributed by atoms with E-state index in [1.165, 1.54) is 6.92 Å². The number of nitriles is 1. The molecule has 1 aromatic heterocycles. The van der Waals surface area contributed by atoms with Gasteiger partial charge in [-0.1, -0.05) is 11.6 Å². The number of nitrogens with zero attached hydrogens (tertiary/aromatic N) is 3. The molecule has 0 atom stereocenters. The van der Waals surface area contributed by atoms with Gasteiger partial charge in [0.25, 0.3) is 5.56 Å². The molecule has 5 nitrogen and oxygen atoms in total. The van der Waals surface area contributed by atoms with Crippen molar-refractivity contribution >= 4 is 11.6 Å². The number of halogens is 5. The van der Waals surface area contributed by atoms with Gasteiger partial charge >= 0.3 is 11.9 Å². The van der Waals surface area contributed by atoms with E-state index >= 15 is 0 Å². The minimum absolute atomic E-state index is 0.0425. The highest BCUT2D eigenvalue weighted by Gasteiger charge is 2.39. The van der Waals surface area contributed by atoms with Gasteiger partial charge in [0, 0.05) is 7.05 Å². The third kappa shape index (κ3) is 2.69. The van der Waals surface area contributed by atoms with Gasteiger partial charge in [-0.05, 0) is 24.6 Å². The van der Waals surface area contributed by atoms with Crippen LogP contribution in [0.3, 0.4) is 0 Å². The zero-order chi connectivity index (χ0) is 18.4. The van der Waals surface area contributed by atoms with Crippen LogP contribution in [0.15, 0.2) is 21.7 Å². The molecule has 0 aliphatic rings. The fourth-order valence-electron chi connectivity index (χ4n) is 2.16. The topological polar surface area (TPSA) is 67.8 Å². The molecule has 0 spiro atoms. The Balaban J connectivity index is 2.95. The average Bonchev–Trinajstić information content (AvgIpc) is 2.47. The lowest BCUT2D eigenvalue weighted by atomic mass is 10.1. The van der Waals surface area contributed by atoms with E-state index in [1.54, 1.807) is 6.07 Å². The van der Waals surface area contributed by atoms with Gasteiger partial charge in [-0.3, -0.25) is 9.36 Å². The molecule has 0 bridgehead atoms. The quantitative estimate of drug-likeness (QED) is 0.733. The molecule has 2 aromatic rings. The first-order chi connectivity index (χ1) is 11.0. The first-order valence-corrected chi connectivity index (χ1v) is 6.67. The van der Waals surface area contributed by atoms with Crippen LogP contribution in [-0.4, -0.2) is 9.13 Å². The van der Waals surface area contributed by atoms with Crippen molar-refractivity contribution in [3.05, 3.63) is 60.6 Å². The van der Waals surface area contributed by atoms with Crippen LogP contribution in [0.25, 0.3) is 5.69 Å². The highest BCUT2D eigenvalue weighted by atomic mass is 35.5. The van der Waals surface area contributed by atoms with Crippen LogP contribution in [0, 0.1) is 24.1 Å². The van der Waals surface area contributed by atoms with E-state index in [9.17, 15) is 27.2 Å². The standard InChI is InChI=1S/C14H8ClF4N3O2/c1-6-3-9(8(16)4-7(6)5-20)22-12(23)10(15)11(14(17,18)19)21(2)13(22)24/h3-4H,1-2H3. The molecule has 0 amide bonds. The Hall–Kier alpha value is -2.60. The van der Waals surface area contributed by atoms with Gasteiger partial charge in [0.15, 0.2) is 5.69 Å². The summed E-state index contributed by atoms with van der Waals surface area (Å²) in [6.07, 6.45) is -5.04. The summed E-state index contributed by atoms with van der Waals surface area (Å²) in [5, 5.41) is 7.57. The molecule has 24 heavy (non-hydrogen) atoms. The van der Waals surface area contributed by atoms with Gasteiger partial charge in [0.05, 0.1) is 17.3 Å². The van der Waals surface area contributed by atoms with Crippen molar-refractivity contribution in [2.75, 3.05) is 0 Å². The average molecular weight is 362 g/mol. The van der Waals surface area contributed by atoms with Crippen molar-refractivity contribution < 1.29 is 17.6 Å². The van der Waals surface area contributed by atoms with E-state index in [4.69, 9.17) is 16.9 Å². The van der Waals surface area contributed by atoms with Crippen molar-refractivity contribution in [2.24, 2.45) is 7.05 Å². The first kappa shape index (κ1) is 17.7. The van der Waals surface area contributed by atoms with E-state index < -0.39 is 39.6 Å². The normalized spacial score (nSPS) is 11.4. The maximum absolute atomic E-state index is 14.1.